The molecule has 1 heterocycles. The number of nitrogens with zero attached hydrogens (tertiary/aromatic N) is 2. The van der Waals surface area contributed by atoms with Crippen LogP contribution in [0.2, 0.25) is 0 Å². The molecule has 0 bridgehead atoms. The number of esters is 1. The first kappa shape index (κ1) is 23.9. The van der Waals surface area contributed by atoms with Crippen molar-refractivity contribution in [1.82, 2.24) is 4.57 Å². The molecule has 0 unspecified atom stereocenters. The van der Waals surface area contributed by atoms with Gasteiger partial charge < -0.3 is 9.30 Å². The molecule has 0 fully saturated rings. The highest BCUT2D eigenvalue weighted by Gasteiger charge is 2.19. The van der Waals surface area contributed by atoms with Crippen molar-refractivity contribution in [2.75, 3.05) is 7.11 Å². The van der Waals surface area contributed by atoms with Crippen molar-refractivity contribution >= 4 is 43.3 Å². The summed E-state index contributed by atoms with van der Waals surface area (Å²) in [6.07, 6.45) is 0.896. The van der Waals surface area contributed by atoms with E-state index in [2.05, 4.69) is 11.9 Å². The third-order valence-electron chi connectivity index (χ3n) is 5.12. The topological polar surface area (TPSA) is 94.8 Å². The zero-order valence-corrected chi connectivity index (χ0v) is 20.1. The molecule has 0 saturated carbocycles. The van der Waals surface area contributed by atoms with Gasteiger partial charge >= 0.3 is 5.97 Å². The van der Waals surface area contributed by atoms with Crippen LogP contribution in [0.3, 0.4) is 0 Å². The zero-order chi connectivity index (χ0) is 23.5. The van der Waals surface area contributed by atoms with Crippen LogP contribution in [-0.4, -0.2) is 37.2 Å². The summed E-state index contributed by atoms with van der Waals surface area (Å²) in [6, 6.07) is 12.2. The second kappa shape index (κ2) is 9.79. The Balaban J connectivity index is 1.93. The molecule has 0 radical (unpaired) electrons. The molecule has 9 heteroatoms. The lowest BCUT2D eigenvalue weighted by atomic mass is 10.1. The number of benzene rings is 2. The maximum absolute atomic E-state index is 12.7. The average Bonchev–Trinajstić information content (AvgIpc) is 3.09. The van der Waals surface area contributed by atoms with Gasteiger partial charge in [0, 0.05) is 0 Å². The molecule has 0 spiro atoms. The molecule has 0 atom stereocenters. The van der Waals surface area contributed by atoms with Gasteiger partial charge in [-0.2, -0.15) is 4.99 Å². The van der Waals surface area contributed by atoms with Gasteiger partial charge in [0.2, 0.25) is 0 Å². The minimum Gasteiger partial charge on any atom is -0.468 e. The minimum atomic E-state index is -3.36. The van der Waals surface area contributed by atoms with Crippen LogP contribution < -0.4 is 4.80 Å². The van der Waals surface area contributed by atoms with Gasteiger partial charge in [-0.05, 0) is 55.7 Å². The SMILES string of the molecule is CCc1ccc2c(c1)sc(=NC(=O)Cc1ccc(S(=O)(=O)C(C)C)cc1)n2CC(=O)OC. The average molecular weight is 475 g/mol. The number of sulfone groups is 1. The van der Waals surface area contributed by atoms with Crippen molar-refractivity contribution < 1.29 is 22.7 Å². The summed E-state index contributed by atoms with van der Waals surface area (Å²) in [5.74, 6) is -0.814. The van der Waals surface area contributed by atoms with E-state index >= 15 is 0 Å². The number of methoxy groups -OCH3 is 1. The second-order valence-corrected chi connectivity index (χ2v) is 11.1. The van der Waals surface area contributed by atoms with Crippen LogP contribution in [0.4, 0.5) is 0 Å². The van der Waals surface area contributed by atoms with Crippen molar-refractivity contribution in [3.63, 3.8) is 0 Å². The van der Waals surface area contributed by atoms with E-state index in [0.29, 0.717) is 10.4 Å². The standard InChI is InChI=1S/C23H26N2O5S2/c1-5-16-8-11-19-20(12-16)31-23(25(19)14-22(27)30-4)24-21(26)13-17-6-9-18(10-7-17)32(28,29)15(2)3/h6-12,15H,5,13-14H2,1-4H3. The third kappa shape index (κ3) is 5.16. The van der Waals surface area contributed by atoms with E-state index in [4.69, 9.17) is 4.74 Å². The van der Waals surface area contributed by atoms with Crippen LogP contribution in [0, 0.1) is 0 Å². The van der Waals surface area contributed by atoms with Crippen molar-refractivity contribution in [1.29, 1.82) is 0 Å². The Morgan fingerprint density at radius 2 is 1.75 bits per heavy atom. The van der Waals surface area contributed by atoms with Crippen LogP contribution >= 0.6 is 11.3 Å². The Bertz CT molecular complexity index is 1320. The summed E-state index contributed by atoms with van der Waals surface area (Å²) >= 11 is 1.34. The molecule has 0 saturated heterocycles. The fourth-order valence-corrected chi connectivity index (χ4v) is 5.33. The highest BCUT2D eigenvalue weighted by Crippen LogP contribution is 2.20. The number of carbonyl (C=O) groups is 2. The van der Waals surface area contributed by atoms with Crippen LogP contribution in [0.25, 0.3) is 10.2 Å². The first-order chi connectivity index (χ1) is 15.1. The second-order valence-electron chi connectivity index (χ2n) is 7.62. The normalized spacial score (nSPS) is 12.5. The Hall–Kier alpha value is -2.78. The molecule has 0 N–H and O–H groups in total. The smallest absolute Gasteiger partial charge is 0.325 e. The first-order valence-electron chi connectivity index (χ1n) is 10.2. The van der Waals surface area contributed by atoms with Gasteiger partial charge in [0.15, 0.2) is 14.6 Å². The summed E-state index contributed by atoms with van der Waals surface area (Å²) in [5.41, 5.74) is 2.63. The maximum atomic E-state index is 12.7. The minimum absolute atomic E-state index is 0.0225. The molecule has 2 aromatic carbocycles. The Morgan fingerprint density at radius 1 is 1.09 bits per heavy atom. The number of aryl methyl sites for hydroxylation is 1. The molecule has 1 amide bonds. The van der Waals surface area contributed by atoms with Crippen LogP contribution in [-0.2, 0) is 43.5 Å². The first-order valence-corrected chi connectivity index (χ1v) is 12.6. The fraction of sp³-hybridized carbons (Fsp3) is 0.348. The number of hydrogen-bond acceptors (Lipinski definition) is 6. The highest BCUT2D eigenvalue weighted by molar-refractivity contribution is 7.92. The van der Waals surface area contributed by atoms with E-state index in [1.165, 1.54) is 30.6 Å². The molecule has 170 valence electrons. The van der Waals surface area contributed by atoms with Crippen molar-refractivity contribution in [3.8, 4) is 0 Å². The number of fused-ring (bicyclic) bond motifs is 1. The molecule has 7 nitrogen and oxygen atoms in total. The van der Waals surface area contributed by atoms with E-state index in [1.54, 1.807) is 30.5 Å². The number of amides is 1. The predicted molar refractivity (Wildman–Crippen MR) is 124 cm³/mol. The molecule has 1 aromatic heterocycles. The lowest BCUT2D eigenvalue weighted by molar-refractivity contribution is -0.141. The van der Waals surface area contributed by atoms with Gasteiger partial charge in [-0.3, -0.25) is 9.59 Å². The van der Waals surface area contributed by atoms with E-state index in [-0.39, 0.29) is 23.8 Å². The van der Waals surface area contributed by atoms with Crippen LogP contribution in [0.15, 0.2) is 52.4 Å². The number of rotatable bonds is 7. The number of ether oxygens (including phenoxy) is 1. The summed E-state index contributed by atoms with van der Waals surface area (Å²) in [6.45, 7) is 5.27. The molecule has 32 heavy (non-hydrogen) atoms. The monoisotopic (exact) mass is 474 g/mol. The van der Waals surface area contributed by atoms with Gasteiger partial charge in [-0.1, -0.05) is 36.5 Å². The fourth-order valence-electron chi connectivity index (χ4n) is 3.16. The Labute approximate surface area is 191 Å². The summed E-state index contributed by atoms with van der Waals surface area (Å²) < 4.78 is 31.9. The molecule has 3 rings (SSSR count). The summed E-state index contributed by atoms with van der Waals surface area (Å²) in [4.78, 5) is 29.5. The third-order valence-corrected chi connectivity index (χ3v) is 8.33. The number of hydrogen-bond donors (Lipinski definition) is 0. The number of carbonyl (C=O) groups excluding carboxylic acids is 2. The largest absolute Gasteiger partial charge is 0.468 e. The highest BCUT2D eigenvalue weighted by atomic mass is 32.2. The van der Waals surface area contributed by atoms with Crippen molar-refractivity contribution in [3.05, 3.63) is 58.4 Å². The summed E-state index contributed by atoms with van der Waals surface area (Å²) in [5, 5.41) is -0.517. The van der Waals surface area contributed by atoms with Gasteiger partial charge in [0.05, 0.1) is 33.9 Å². The molecule has 0 aliphatic rings. The van der Waals surface area contributed by atoms with Gasteiger partial charge in [0.1, 0.15) is 6.54 Å². The molecule has 0 aliphatic carbocycles. The van der Waals surface area contributed by atoms with E-state index in [1.807, 2.05) is 18.2 Å². The van der Waals surface area contributed by atoms with Gasteiger partial charge in [0.25, 0.3) is 5.91 Å². The molecule has 0 aliphatic heterocycles. The van der Waals surface area contributed by atoms with Crippen molar-refractivity contribution in [2.24, 2.45) is 4.99 Å². The van der Waals surface area contributed by atoms with E-state index in [0.717, 1.165) is 22.2 Å². The lowest BCUT2D eigenvalue weighted by Crippen LogP contribution is -2.22. The predicted octanol–water partition coefficient (Wildman–Crippen LogP) is 3.29. The van der Waals surface area contributed by atoms with E-state index in [9.17, 15) is 18.0 Å². The van der Waals surface area contributed by atoms with Gasteiger partial charge in [-0.15, -0.1) is 0 Å². The molecular formula is C23H26N2O5S2. The number of aromatic nitrogens is 1. The molecular weight excluding hydrogens is 448 g/mol. The Kier molecular flexibility index (Phi) is 7.30. The van der Waals surface area contributed by atoms with E-state index < -0.39 is 21.1 Å². The van der Waals surface area contributed by atoms with Crippen molar-refractivity contribution in [2.45, 2.75) is 50.3 Å². The maximum Gasteiger partial charge on any atom is 0.325 e. The zero-order valence-electron chi connectivity index (χ0n) is 18.5. The number of thiazole rings is 1. The Morgan fingerprint density at radius 3 is 2.34 bits per heavy atom. The molecule has 3 aromatic rings. The quantitative estimate of drug-likeness (QED) is 0.490. The van der Waals surface area contributed by atoms with Crippen LogP contribution in [0.5, 0.6) is 0 Å². The van der Waals surface area contributed by atoms with Crippen LogP contribution in [0.1, 0.15) is 31.9 Å². The van der Waals surface area contributed by atoms with Gasteiger partial charge in [-0.25, -0.2) is 8.42 Å². The summed E-state index contributed by atoms with van der Waals surface area (Å²) in [7, 11) is -2.05. The lowest BCUT2D eigenvalue weighted by Gasteiger charge is -2.08.